The standard InChI is InChI=1S/C20H12ClFN6/c21-14-6-2-1-4-11(14)18-24-16-10-23-9-8-12(16)19(25-18)26-20-13-5-3-7-15(22)17(13)27-28-20/h1-10H,(H2,24,25,26,27,28). The van der Waals surface area contributed by atoms with Gasteiger partial charge in [0.15, 0.2) is 11.6 Å². The van der Waals surface area contributed by atoms with E-state index in [0.29, 0.717) is 44.5 Å². The molecule has 136 valence electrons. The zero-order valence-corrected chi connectivity index (χ0v) is 15.1. The molecule has 2 aromatic carbocycles. The van der Waals surface area contributed by atoms with E-state index in [2.05, 4.69) is 30.5 Å². The average molecular weight is 391 g/mol. The van der Waals surface area contributed by atoms with Gasteiger partial charge >= 0.3 is 0 Å². The highest BCUT2D eigenvalue weighted by Crippen LogP contribution is 2.31. The molecule has 3 aromatic heterocycles. The van der Waals surface area contributed by atoms with Crippen LogP contribution in [0.15, 0.2) is 60.9 Å². The van der Waals surface area contributed by atoms with E-state index in [4.69, 9.17) is 11.6 Å². The number of hydrogen-bond donors (Lipinski definition) is 2. The molecule has 0 unspecified atom stereocenters. The Balaban J connectivity index is 1.70. The molecule has 0 saturated carbocycles. The molecule has 0 saturated heterocycles. The van der Waals surface area contributed by atoms with Crippen LogP contribution in [0.25, 0.3) is 33.2 Å². The van der Waals surface area contributed by atoms with Crippen molar-refractivity contribution >= 4 is 45.0 Å². The first-order chi connectivity index (χ1) is 13.7. The van der Waals surface area contributed by atoms with Crippen LogP contribution in [-0.2, 0) is 0 Å². The Bertz CT molecular complexity index is 1330. The summed E-state index contributed by atoms with van der Waals surface area (Å²) < 4.78 is 14.0. The molecule has 6 nitrogen and oxygen atoms in total. The van der Waals surface area contributed by atoms with Crippen molar-refractivity contribution in [2.45, 2.75) is 0 Å². The van der Waals surface area contributed by atoms with Crippen LogP contribution in [0.4, 0.5) is 16.0 Å². The quantitative estimate of drug-likeness (QED) is 0.448. The van der Waals surface area contributed by atoms with Crippen molar-refractivity contribution in [3.63, 3.8) is 0 Å². The van der Waals surface area contributed by atoms with Crippen LogP contribution in [0.1, 0.15) is 0 Å². The van der Waals surface area contributed by atoms with Crippen molar-refractivity contribution in [2.24, 2.45) is 0 Å². The van der Waals surface area contributed by atoms with Crippen molar-refractivity contribution in [1.29, 1.82) is 0 Å². The molecule has 5 rings (SSSR count). The van der Waals surface area contributed by atoms with Gasteiger partial charge in [0, 0.05) is 22.5 Å². The molecule has 0 aliphatic carbocycles. The third-order valence-electron chi connectivity index (χ3n) is 4.40. The third-order valence-corrected chi connectivity index (χ3v) is 4.73. The summed E-state index contributed by atoms with van der Waals surface area (Å²) in [5, 5.41) is 12.0. The van der Waals surface area contributed by atoms with Crippen molar-refractivity contribution in [1.82, 2.24) is 25.1 Å². The lowest BCUT2D eigenvalue weighted by molar-refractivity contribution is 0.636. The molecule has 0 aliphatic rings. The average Bonchev–Trinajstić information content (AvgIpc) is 3.12. The summed E-state index contributed by atoms with van der Waals surface area (Å²) in [6, 6.07) is 14.0. The summed E-state index contributed by atoms with van der Waals surface area (Å²) >= 11 is 6.33. The Morgan fingerprint density at radius 3 is 2.71 bits per heavy atom. The number of nitrogens with one attached hydrogen (secondary N) is 2. The molecule has 0 aliphatic heterocycles. The fourth-order valence-electron chi connectivity index (χ4n) is 3.05. The van der Waals surface area contributed by atoms with Crippen molar-refractivity contribution in [3.8, 4) is 11.4 Å². The number of rotatable bonds is 3. The second kappa shape index (κ2) is 6.54. The van der Waals surface area contributed by atoms with E-state index >= 15 is 0 Å². The van der Waals surface area contributed by atoms with E-state index in [1.165, 1.54) is 6.07 Å². The Morgan fingerprint density at radius 2 is 1.82 bits per heavy atom. The molecule has 0 amide bonds. The first kappa shape index (κ1) is 16.6. The number of H-pyrrole nitrogens is 1. The van der Waals surface area contributed by atoms with Crippen LogP contribution < -0.4 is 5.32 Å². The fraction of sp³-hybridized carbons (Fsp3) is 0. The Labute approximate surface area is 163 Å². The Morgan fingerprint density at radius 1 is 0.929 bits per heavy atom. The topological polar surface area (TPSA) is 79.4 Å². The maximum Gasteiger partial charge on any atom is 0.163 e. The van der Waals surface area contributed by atoms with Gasteiger partial charge < -0.3 is 5.32 Å². The smallest absolute Gasteiger partial charge is 0.163 e. The van der Waals surface area contributed by atoms with Gasteiger partial charge in [-0.1, -0.05) is 29.8 Å². The molecule has 0 radical (unpaired) electrons. The van der Waals surface area contributed by atoms with Crippen molar-refractivity contribution in [3.05, 3.63) is 71.8 Å². The molecule has 0 bridgehead atoms. The number of hydrogen-bond acceptors (Lipinski definition) is 5. The molecule has 0 atom stereocenters. The Hall–Kier alpha value is -3.58. The minimum atomic E-state index is -0.369. The lowest BCUT2D eigenvalue weighted by Crippen LogP contribution is -2.00. The minimum absolute atomic E-state index is 0.330. The van der Waals surface area contributed by atoms with Gasteiger partial charge in [0.05, 0.1) is 16.7 Å². The summed E-state index contributed by atoms with van der Waals surface area (Å²) in [5.41, 5.74) is 1.69. The number of halogens is 2. The fourth-order valence-corrected chi connectivity index (χ4v) is 3.27. The van der Waals surface area contributed by atoms with E-state index in [9.17, 15) is 4.39 Å². The first-order valence-electron chi connectivity index (χ1n) is 8.47. The van der Waals surface area contributed by atoms with Crippen LogP contribution in [0.3, 0.4) is 0 Å². The van der Waals surface area contributed by atoms with Crippen molar-refractivity contribution in [2.75, 3.05) is 5.32 Å². The van der Waals surface area contributed by atoms with Crippen molar-refractivity contribution < 1.29 is 4.39 Å². The van der Waals surface area contributed by atoms with Crippen LogP contribution >= 0.6 is 11.6 Å². The molecule has 3 heterocycles. The second-order valence-electron chi connectivity index (χ2n) is 6.13. The maximum atomic E-state index is 14.0. The maximum absolute atomic E-state index is 14.0. The predicted molar refractivity (Wildman–Crippen MR) is 107 cm³/mol. The summed E-state index contributed by atoms with van der Waals surface area (Å²) in [7, 11) is 0. The van der Waals surface area contributed by atoms with E-state index in [1.807, 2.05) is 24.3 Å². The van der Waals surface area contributed by atoms with Crippen LogP contribution in [0, 0.1) is 5.82 Å². The normalized spacial score (nSPS) is 11.2. The van der Waals surface area contributed by atoms with E-state index in [-0.39, 0.29) is 5.82 Å². The summed E-state index contributed by atoms with van der Waals surface area (Å²) in [4.78, 5) is 13.4. The Kier molecular flexibility index (Phi) is 3.87. The van der Waals surface area contributed by atoms with Crippen LogP contribution in [-0.4, -0.2) is 25.1 Å². The zero-order valence-electron chi connectivity index (χ0n) is 14.3. The molecule has 5 aromatic rings. The number of fused-ring (bicyclic) bond motifs is 2. The predicted octanol–water partition coefficient (Wildman–Crippen LogP) is 5.10. The van der Waals surface area contributed by atoms with Crippen LogP contribution in [0.5, 0.6) is 0 Å². The van der Waals surface area contributed by atoms with Gasteiger partial charge in [-0.3, -0.25) is 10.1 Å². The summed E-state index contributed by atoms with van der Waals surface area (Å²) in [6.45, 7) is 0. The highest BCUT2D eigenvalue weighted by molar-refractivity contribution is 6.33. The lowest BCUT2D eigenvalue weighted by atomic mass is 10.2. The minimum Gasteiger partial charge on any atom is -0.322 e. The highest BCUT2D eigenvalue weighted by Gasteiger charge is 2.15. The second-order valence-corrected chi connectivity index (χ2v) is 6.54. The highest BCUT2D eigenvalue weighted by atomic mass is 35.5. The summed E-state index contributed by atoms with van der Waals surface area (Å²) in [5.74, 6) is 1.09. The van der Waals surface area contributed by atoms with Gasteiger partial charge in [0.1, 0.15) is 17.2 Å². The molecule has 0 spiro atoms. The number of anilines is 2. The van der Waals surface area contributed by atoms with Gasteiger partial charge in [-0.15, -0.1) is 0 Å². The van der Waals surface area contributed by atoms with Gasteiger partial charge in [0.25, 0.3) is 0 Å². The summed E-state index contributed by atoms with van der Waals surface area (Å²) in [6.07, 6.45) is 3.32. The number of benzene rings is 2. The van der Waals surface area contributed by atoms with Gasteiger partial charge in [-0.05, 0) is 30.3 Å². The molecular weight excluding hydrogens is 379 g/mol. The van der Waals surface area contributed by atoms with Gasteiger partial charge in [0.2, 0.25) is 0 Å². The number of pyridine rings is 1. The van der Waals surface area contributed by atoms with Crippen LogP contribution in [0.2, 0.25) is 5.02 Å². The number of para-hydroxylation sites is 1. The molecule has 2 N–H and O–H groups in total. The van der Waals surface area contributed by atoms with E-state index in [1.54, 1.807) is 30.6 Å². The molecule has 0 fully saturated rings. The largest absolute Gasteiger partial charge is 0.322 e. The molecular formula is C20H12ClFN6. The number of aromatic nitrogens is 5. The van der Waals surface area contributed by atoms with E-state index in [0.717, 1.165) is 5.39 Å². The zero-order chi connectivity index (χ0) is 19.1. The van der Waals surface area contributed by atoms with E-state index < -0.39 is 0 Å². The SMILES string of the molecule is Fc1cccc2c(Nc3nc(-c4ccccc4Cl)nc4cnccc34)n[nH]c12. The lowest BCUT2D eigenvalue weighted by Gasteiger charge is -2.10. The monoisotopic (exact) mass is 390 g/mol. The number of nitrogens with zero attached hydrogens (tertiary/aromatic N) is 4. The van der Waals surface area contributed by atoms with Gasteiger partial charge in [-0.25, -0.2) is 14.4 Å². The molecule has 28 heavy (non-hydrogen) atoms. The molecule has 8 heteroatoms. The number of aromatic amines is 1. The first-order valence-corrected chi connectivity index (χ1v) is 8.85. The van der Waals surface area contributed by atoms with Gasteiger partial charge in [-0.2, -0.15) is 5.10 Å². The third kappa shape index (κ3) is 2.73.